The maximum absolute atomic E-state index is 6.40. The van der Waals surface area contributed by atoms with Gasteiger partial charge in [0.05, 0.1) is 11.2 Å². The second-order valence-corrected chi connectivity index (χ2v) is 8.98. The van der Waals surface area contributed by atoms with Crippen molar-refractivity contribution < 1.29 is 0 Å². The van der Waals surface area contributed by atoms with E-state index >= 15 is 0 Å². The van der Waals surface area contributed by atoms with E-state index in [9.17, 15) is 0 Å². The third kappa shape index (κ3) is 4.55. The summed E-state index contributed by atoms with van der Waals surface area (Å²) >= 11 is 7.88. The molecule has 0 aromatic carbocycles. The Morgan fingerprint density at radius 2 is 2.03 bits per heavy atom. The van der Waals surface area contributed by atoms with Gasteiger partial charge in [-0.1, -0.05) is 23.4 Å². The second kappa shape index (κ2) is 8.30. The van der Waals surface area contributed by atoms with Crippen LogP contribution in [-0.2, 0) is 0 Å². The summed E-state index contributed by atoms with van der Waals surface area (Å²) in [7, 11) is 1.79. The van der Waals surface area contributed by atoms with Gasteiger partial charge in [0.1, 0.15) is 22.2 Å². The molecule has 1 fully saturated rings. The number of nitrogens with zero attached hydrogens (tertiary/aromatic N) is 5. The molecule has 7 nitrogen and oxygen atoms in total. The zero-order valence-electron chi connectivity index (χ0n) is 16.5. The Morgan fingerprint density at radius 1 is 1.17 bits per heavy atom. The van der Waals surface area contributed by atoms with Crippen LogP contribution >= 0.6 is 23.4 Å². The lowest BCUT2D eigenvalue weighted by molar-refractivity contribution is 0.421. The van der Waals surface area contributed by atoms with Gasteiger partial charge in [0, 0.05) is 36.8 Å². The molecule has 1 atom stereocenters. The average molecular weight is 430 g/mol. The quantitative estimate of drug-likeness (QED) is 0.643. The Morgan fingerprint density at radius 3 is 2.86 bits per heavy atom. The fraction of sp³-hybridized carbons (Fsp3) is 0.400. The predicted octanol–water partition coefficient (Wildman–Crippen LogP) is 3.97. The van der Waals surface area contributed by atoms with Crippen molar-refractivity contribution in [3.8, 4) is 0 Å². The van der Waals surface area contributed by atoms with Crippen LogP contribution in [0.25, 0.3) is 11.2 Å². The first-order chi connectivity index (χ1) is 13.9. The maximum Gasteiger partial charge on any atom is 0.179 e. The van der Waals surface area contributed by atoms with Gasteiger partial charge in [-0.3, -0.25) is 0 Å². The largest absolute Gasteiger partial charge is 0.372 e. The highest BCUT2D eigenvalue weighted by molar-refractivity contribution is 7.99. The first-order valence-corrected chi connectivity index (χ1v) is 10.8. The van der Waals surface area contributed by atoms with Crippen LogP contribution in [0.5, 0.6) is 0 Å². The molecule has 4 rings (SSSR count). The van der Waals surface area contributed by atoms with Gasteiger partial charge in [-0.15, -0.1) is 0 Å². The average Bonchev–Trinajstić information content (AvgIpc) is 2.89. The molecule has 4 heterocycles. The van der Waals surface area contributed by atoms with Gasteiger partial charge in [-0.05, 0) is 44.4 Å². The molecule has 1 saturated heterocycles. The minimum absolute atomic E-state index is 0.103. The molecule has 29 heavy (non-hydrogen) atoms. The Kier molecular flexibility index (Phi) is 5.76. The van der Waals surface area contributed by atoms with Gasteiger partial charge >= 0.3 is 0 Å². The summed E-state index contributed by atoms with van der Waals surface area (Å²) in [6.45, 7) is 3.96. The van der Waals surface area contributed by atoms with Crippen molar-refractivity contribution >= 4 is 46.2 Å². The van der Waals surface area contributed by atoms with Crippen LogP contribution in [0.2, 0.25) is 5.02 Å². The summed E-state index contributed by atoms with van der Waals surface area (Å²) < 4.78 is 0. The van der Waals surface area contributed by atoms with E-state index in [1.165, 1.54) is 11.8 Å². The molecule has 1 aliphatic rings. The molecular formula is C20H24ClN7S. The molecule has 0 saturated carbocycles. The Hall–Kier alpha value is -2.16. The standard InChI is InChI=1S/C20H24ClN7S/c1-20(22)7-3-10-28(11-8-20)15-12-25-18-13(26-15)4-5-16(27-18)29-14-6-9-24-19(23-2)17(14)21/h4-6,9,12H,3,7-8,10-11,22H2,1-2H3,(H,23,24)/t20-/m0/s1. The van der Waals surface area contributed by atoms with Crippen LogP contribution in [0.15, 0.2) is 40.5 Å². The first-order valence-electron chi connectivity index (χ1n) is 9.63. The van der Waals surface area contributed by atoms with Crippen LogP contribution in [0, 0.1) is 0 Å². The number of halogens is 1. The van der Waals surface area contributed by atoms with E-state index in [-0.39, 0.29) is 5.54 Å². The summed E-state index contributed by atoms with van der Waals surface area (Å²) in [5.41, 5.74) is 7.62. The maximum atomic E-state index is 6.40. The molecule has 1 aliphatic heterocycles. The smallest absolute Gasteiger partial charge is 0.179 e. The highest BCUT2D eigenvalue weighted by atomic mass is 35.5. The molecule has 0 spiro atoms. The number of pyridine rings is 2. The number of hydrogen-bond donors (Lipinski definition) is 2. The molecule has 9 heteroatoms. The Labute approximate surface area is 179 Å². The van der Waals surface area contributed by atoms with Gasteiger partial charge in [-0.2, -0.15) is 0 Å². The predicted molar refractivity (Wildman–Crippen MR) is 119 cm³/mol. The number of fused-ring (bicyclic) bond motifs is 1. The number of hydrogen-bond acceptors (Lipinski definition) is 8. The summed E-state index contributed by atoms with van der Waals surface area (Å²) in [6.07, 6.45) is 6.56. The van der Waals surface area contributed by atoms with Gasteiger partial charge in [0.15, 0.2) is 5.65 Å². The number of aromatic nitrogens is 4. The van der Waals surface area contributed by atoms with Crippen molar-refractivity contribution in [3.63, 3.8) is 0 Å². The third-order valence-corrected chi connectivity index (χ3v) is 6.62. The molecule has 3 aromatic rings. The van der Waals surface area contributed by atoms with Crippen LogP contribution in [0.3, 0.4) is 0 Å². The molecule has 0 amide bonds. The Bertz CT molecular complexity index is 1030. The molecule has 0 unspecified atom stereocenters. The van der Waals surface area contributed by atoms with Crippen molar-refractivity contribution in [1.82, 2.24) is 19.9 Å². The molecule has 0 aliphatic carbocycles. The van der Waals surface area contributed by atoms with Crippen molar-refractivity contribution in [3.05, 3.63) is 35.6 Å². The van der Waals surface area contributed by atoms with Crippen molar-refractivity contribution in [2.24, 2.45) is 5.73 Å². The van der Waals surface area contributed by atoms with Crippen LogP contribution in [0.4, 0.5) is 11.6 Å². The summed E-state index contributed by atoms with van der Waals surface area (Å²) in [5, 5.41) is 4.37. The zero-order chi connectivity index (χ0) is 20.4. The lowest BCUT2D eigenvalue weighted by Crippen LogP contribution is -2.37. The number of nitrogens with one attached hydrogen (secondary N) is 1. The van der Waals surface area contributed by atoms with Gasteiger partial charge in [0.25, 0.3) is 0 Å². The molecular weight excluding hydrogens is 406 g/mol. The van der Waals surface area contributed by atoms with E-state index in [0.717, 1.165) is 53.6 Å². The SMILES string of the molecule is CNc1nccc(Sc2ccc3nc(N4CCC[C@](C)(N)CC4)cnc3n2)c1Cl. The zero-order valence-corrected chi connectivity index (χ0v) is 18.1. The second-order valence-electron chi connectivity index (χ2n) is 7.54. The molecule has 3 aromatic heterocycles. The normalized spacial score (nSPS) is 19.9. The third-order valence-electron chi connectivity index (χ3n) is 5.12. The van der Waals surface area contributed by atoms with E-state index < -0.39 is 0 Å². The summed E-state index contributed by atoms with van der Waals surface area (Å²) in [5.74, 6) is 1.53. The fourth-order valence-corrected chi connectivity index (χ4v) is 4.54. The Balaban J connectivity index is 1.56. The van der Waals surface area contributed by atoms with Crippen LogP contribution in [-0.4, -0.2) is 45.6 Å². The fourth-order valence-electron chi connectivity index (χ4n) is 3.41. The van der Waals surface area contributed by atoms with Crippen molar-refractivity contribution in [2.45, 2.75) is 41.6 Å². The minimum Gasteiger partial charge on any atom is -0.372 e. The lowest BCUT2D eigenvalue weighted by Gasteiger charge is -2.24. The van der Waals surface area contributed by atoms with Crippen molar-refractivity contribution in [2.75, 3.05) is 30.4 Å². The van der Waals surface area contributed by atoms with Crippen LogP contribution < -0.4 is 16.0 Å². The van der Waals surface area contributed by atoms with E-state index in [1.807, 2.05) is 24.4 Å². The molecule has 0 bridgehead atoms. The van der Waals surface area contributed by atoms with Gasteiger partial charge in [-0.25, -0.2) is 19.9 Å². The molecule has 3 N–H and O–H groups in total. The van der Waals surface area contributed by atoms with Gasteiger partial charge in [0.2, 0.25) is 0 Å². The van der Waals surface area contributed by atoms with Crippen LogP contribution in [0.1, 0.15) is 26.2 Å². The minimum atomic E-state index is -0.103. The number of rotatable bonds is 4. The van der Waals surface area contributed by atoms with Gasteiger partial charge < -0.3 is 16.0 Å². The first kappa shape index (κ1) is 20.1. The highest BCUT2D eigenvalue weighted by Gasteiger charge is 2.24. The van der Waals surface area contributed by atoms with Crippen molar-refractivity contribution in [1.29, 1.82) is 0 Å². The van der Waals surface area contributed by atoms with E-state index in [0.29, 0.717) is 16.5 Å². The van der Waals surface area contributed by atoms with E-state index in [1.54, 1.807) is 13.2 Å². The highest BCUT2D eigenvalue weighted by Crippen LogP contribution is 2.35. The number of nitrogens with two attached hydrogens (primary N) is 1. The lowest BCUT2D eigenvalue weighted by atomic mass is 9.95. The molecule has 0 radical (unpaired) electrons. The van der Waals surface area contributed by atoms with E-state index in [4.69, 9.17) is 22.3 Å². The number of anilines is 2. The summed E-state index contributed by atoms with van der Waals surface area (Å²) in [4.78, 5) is 21.4. The molecule has 152 valence electrons. The summed E-state index contributed by atoms with van der Waals surface area (Å²) in [6, 6.07) is 5.78. The monoisotopic (exact) mass is 429 g/mol. The topological polar surface area (TPSA) is 92.9 Å². The van der Waals surface area contributed by atoms with E-state index in [2.05, 4.69) is 32.1 Å².